The lowest BCUT2D eigenvalue weighted by Crippen LogP contribution is -2.30. The minimum Gasteiger partial charge on any atom is -0.496 e. The van der Waals surface area contributed by atoms with E-state index in [1.807, 2.05) is 60.8 Å². The molecule has 1 N–H and O–H groups in total. The van der Waals surface area contributed by atoms with Crippen LogP contribution in [0.2, 0.25) is 0 Å². The molecule has 1 heterocycles. The molecule has 6 heteroatoms. The van der Waals surface area contributed by atoms with Crippen LogP contribution >= 0.6 is 11.3 Å². The molecule has 27 heavy (non-hydrogen) atoms. The van der Waals surface area contributed by atoms with Crippen molar-refractivity contribution in [2.24, 2.45) is 0 Å². The summed E-state index contributed by atoms with van der Waals surface area (Å²) in [5.74, 6) is 1.34. The second-order valence-electron chi connectivity index (χ2n) is 6.02. The molecule has 3 aromatic rings. The van der Waals surface area contributed by atoms with Crippen molar-refractivity contribution in [3.05, 3.63) is 65.2 Å². The van der Waals surface area contributed by atoms with Crippen molar-refractivity contribution < 1.29 is 14.3 Å². The van der Waals surface area contributed by atoms with Crippen LogP contribution in [0.25, 0.3) is 10.6 Å². The van der Waals surface area contributed by atoms with E-state index < -0.39 is 0 Å². The number of hydrogen-bond donors (Lipinski definition) is 1. The fourth-order valence-electron chi connectivity index (χ4n) is 2.63. The highest BCUT2D eigenvalue weighted by atomic mass is 32.1. The quantitative estimate of drug-likeness (QED) is 0.643. The van der Waals surface area contributed by atoms with Crippen LogP contribution in [0.4, 0.5) is 0 Å². The fraction of sp³-hybridized carbons (Fsp3) is 0.238. The maximum absolute atomic E-state index is 12.0. The number of aromatic nitrogens is 1. The monoisotopic (exact) mass is 382 g/mol. The predicted octanol–water partition coefficient (Wildman–Crippen LogP) is 3.86. The molecule has 0 saturated carbocycles. The summed E-state index contributed by atoms with van der Waals surface area (Å²) in [6, 6.07) is 15.4. The standard InChI is InChI=1S/C21H22N2O3S/c1-15-14-27-21(23-15)17-7-9-18(10-8-17)26-13-20(24)22-12-11-16-5-3-4-6-19(16)25-2/h3-10,14H,11-13H2,1-2H3,(H,22,24). The van der Waals surface area contributed by atoms with Gasteiger partial charge in [-0.1, -0.05) is 18.2 Å². The first kappa shape index (κ1) is 18.9. The molecule has 1 aromatic heterocycles. The van der Waals surface area contributed by atoms with E-state index in [1.165, 1.54) is 0 Å². The van der Waals surface area contributed by atoms with Crippen molar-refractivity contribution in [2.45, 2.75) is 13.3 Å². The van der Waals surface area contributed by atoms with E-state index >= 15 is 0 Å². The minimum atomic E-state index is -0.149. The Labute approximate surface area is 163 Å². The van der Waals surface area contributed by atoms with Crippen LogP contribution in [0.15, 0.2) is 53.9 Å². The Morgan fingerprint density at radius 3 is 2.63 bits per heavy atom. The summed E-state index contributed by atoms with van der Waals surface area (Å²) in [5.41, 5.74) is 3.12. The lowest BCUT2D eigenvalue weighted by atomic mass is 10.1. The van der Waals surface area contributed by atoms with Gasteiger partial charge in [0.2, 0.25) is 0 Å². The smallest absolute Gasteiger partial charge is 0.257 e. The zero-order valence-corrected chi connectivity index (χ0v) is 16.2. The van der Waals surface area contributed by atoms with Gasteiger partial charge in [0.05, 0.1) is 7.11 Å². The van der Waals surface area contributed by atoms with Gasteiger partial charge in [-0.25, -0.2) is 4.98 Å². The number of thiazole rings is 1. The Morgan fingerprint density at radius 1 is 1.15 bits per heavy atom. The van der Waals surface area contributed by atoms with Crippen LogP contribution in [0, 0.1) is 6.92 Å². The number of aryl methyl sites for hydroxylation is 1. The first-order valence-corrected chi connectivity index (χ1v) is 9.57. The molecule has 0 spiro atoms. The average molecular weight is 382 g/mol. The molecule has 0 radical (unpaired) electrons. The van der Waals surface area contributed by atoms with Gasteiger partial charge in [0.1, 0.15) is 16.5 Å². The third kappa shape index (κ3) is 5.31. The van der Waals surface area contributed by atoms with Crippen LogP contribution in [-0.4, -0.2) is 31.2 Å². The highest BCUT2D eigenvalue weighted by molar-refractivity contribution is 7.13. The summed E-state index contributed by atoms with van der Waals surface area (Å²) in [6.07, 6.45) is 0.706. The summed E-state index contributed by atoms with van der Waals surface area (Å²) in [5, 5.41) is 5.87. The number of amides is 1. The summed E-state index contributed by atoms with van der Waals surface area (Å²) < 4.78 is 10.9. The zero-order valence-electron chi connectivity index (χ0n) is 15.4. The summed E-state index contributed by atoms with van der Waals surface area (Å²) in [7, 11) is 1.65. The van der Waals surface area contributed by atoms with E-state index in [-0.39, 0.29) is 12.5 Å². The zero-order chi connectivity index (χ0) is 19.1. The van der Waals surface area contributed by atoms with E-state index in [4.69, 9.17) is 9.47 Å². The van der Waals surface area contributed by atoms with Gasteiger partial charge in [-0.3, -0.25) is 4.79 Å². The van der Waals surface area contributed by atoms with Crippen LogP contribution in [0.1, 0.15) is 11.3 Å². The van der Waals surface area contributed by atoms with E-state index in [0.29, 0.717) is 18.7 Å². The number of nitrogens with one attached hydrogen (secondary N) is 1. The topological polar surface area (TPSA) is 60.5 Å². The van der Waals surface area contributed by atoms with Crippen molar-refractivity contribution in [3.63, 3.8) is 0 Å². The number of carbonyl (C=O) groups is 1. The van der Waals surface area contributed by atoms with Gasteiger partial charge in [-0.2, -0.15) is 0 Å². The number of ether oxygens (including phenoxy) is 2. The number of methoxy groups -OCH3 is 1. The SMILES string of the molecule is COc1ccccc1CCNC(=O)COc1ccc(-c2nc(C)cs2)cc1. The second-order valence-corrected chi connectivity index (χ2v) is 6.88. The van der Waals surface area contributed by atoms with E-state index in [9.17, 15) is 4.79 Å². The van der Waals surface area contributed by atoms with Gasteiger partial charge in [-0.15, -0.1) is 11.3 Å². The molecule has 3 rings (SSSR count). The van der Waals surface area contributed by atoms with Gasteiger partial charge in [0.25, 0.3) is 5.91 Å². The fourth-order valence-corrected chi connectivity index (χ4v) is 3.43. The minimum absolute atomic E-state index is 0.0123. The highest BCUT2D eigenvalue weighted by Gasteiger charge is 2.06. The highest BCUT2D eigenvalue weighted by Crippen LogP contribution is 2.25. The average Bonchev–Trinajstić information content (AvgIpc) is 3.13. The molecule has 5 nitrogen and oxygen atoms in total. The van der Waals surface area contributed by atoms with Gasteiger partial charge < -0.3 is 14.8 Å². The molecule has 1 amide bonds. The van der Waals surface area contributed by atoms with Crippen LogP contribution < -0.4 is 14.8 Å². The molecule has 0 unspecified atom stereocenters. The Kier molecular flexibility index (Phi) is 6.44. The third-order valence-corrected chi connectivity index (χ3v) is 5.01. The van der Waals surface area contributed by atoms with Gasteiger partial charge >= 0.3 is 0 Å². The van der Waals surface area contributed by atoms with Crippen LogP contribution in [-0.2, 0) is 11.2 Å². The van der Waals surface area contributed by atoms with Gasteiger partial charge in [0, 0.05) is 23.2 Å². The number of benzene rings is 2. The Balaban J connectivity index is 1.43. The maximum Gasteiger partial charge on any atom is 0.257 e. The molecule has 140 valence electrons. The molecule has 0 bridgehead atoms. The largest absolute Gasteiger partial charge is 0.496 e. The molecular weight excluding hydrogens is 360 g/mol. The van der Waals surface area contributed by atoms with Crippen molar-refractivity contribution in [1.29, 1.82) is 0 Å². The first-order chi connectivity index (χ1) is 13.2. The number of para-hydroxylation sites is 1. The predicted molar refractivity (Wildman–Crippen MR) is 107 cm³/mol. The van der Waals surface area contributed by atoms with Crippen LogP contribution in [0.3, 0.4) is 0 Å². The number of carbonyl (C=O) groups excluding carboxylic acids is 1. The first-order valence-electron chi connectivity index (χ1n) is 8.69. The Bertz CT molecular complexity index is 890. The molecule has 0 saturated heterocycles. The Hall–Kier alpha value is -2.86. The molecule has 0 aliphatic heterocycles. The summed E-state index contributed by atoms with van der Waals surface area (Å²) in [4.78, 5) is 16.4. The Morgan fingerprint density at radius 2 is 1.93 bits per heavy atom. The van der Waals surface area contributed by atoms with E-state index in [1.54, 1.807) is 18.4 Å². The van der Waals surface area contributed by atoms with Gasteiger partial charge in [-0.05, 0) is 49.2 Å². The molecule has 0 atom stereocenters. The van der Waals surface area contributed by atoms with E-state index in [2.05, 4.69) is 10.3 Å². The number of hydrogen-bond acceptors (Lipinski definition) is 5. The van der Waals surface area contributed by atoms with Gasteiger partial charge in [0.15, 0.2) is 6.61 Å². The number of nitrogens with zero attached hydrogens (tertiary/aromatic N) is 1. The van der Waals surface area contributed by atoms with E-state index in [0.717, 1.165) is 27.6 Å². The van der Waals surface area contributed by atoms with Crippen molar-refractivity contribution in [1.82, 2.24) is 10.3 Å². The lowest BCUT2D eigenvalue weighted by Gasteiger charge is -2.10. The molecular formula is C21H22N2O3S. The van der Waals surface area contributed by atoms with Crippen molar-refractivity contribution in [3.8, 4) is 22.1 Å². The molecule has 0 aliphatic rings. The maximum atomic E-state index is 12.0. The summed E-state index contributed by atoms with van der Waals surface area (Å²) in [6.45, 7) is 2.50. The molecule has 0 aliphatic carbocycles. The summed E-state index contributed by atoms with van der Waals surface area (Å²) >= 11 is 1.61. The molecule has 2 aromatic carbocycles. The molecule has 0 fully saturated rings. The van der Waals surface area contributed by atoms with Crippen LogP contribution in [0.5, 0.6) is 11.5 Å². The lowest BCUT2D eigenvalue weighted by molar-refractivity contribution is -0.123. The third-order valence-electron chi connectivity index (χ3n) is 4.00. The van der Waals surface area contributed by atoms with Crippen molar-refractivity contribution >= 4 is 17.2 Å². The number of rotatable bonds is 8. The van der Waals surface area contributed by atoms with Crippen molar-refractivity contribution in [2.75, 3.05) is 20.3 Å². The normalized spacial score (nSPS) is 10.4. The second kappa shape index (κ2) is 9.19.